The predicted octanol–water partition coefficient (Wildman–Crippen LogP) is 3.26. The Labute approximate surface area is 128 Å². The highest BCUT2D eigenvalue weighted by Gasteiger charge is 2.17. The Kier molecular flexibility index (Phi) is 4.85. The minimum absolute atomic E-state index is 0.207. The fourth-order valence-electron chi connectivity index (χ4n) is 2.30. The molecular formula is C15H19ClFN3O. The van der Waals surface area contributed by atoms with Gasteiger partial charge >= 0.3 is 0 Å². The highest BCUT2D eigenvalue weighted by atomic mass is 35.5. The first kappa shape index (κ1) is 15.8. The molecule has 2 rings (SSSR count). The van der Waals surface area contributed by atoms with E-state index >= 15 is 0 Å². The van der Waals surface area contributed by atoms with Crippen molar-refractivity contribution >= 4 is 11.6 Å². The van der Waals surface area contributed by atoms with Crippen LogP contribution in [-0.4, -0.2) is 16.9 Å². The van der Waals surface area contributed by atoms with Crippen LogP contribution in [0.15, 0.2) is 18.2 Å². The number of methoxy groups -OCH3 is 1. The zero-order valence-electron chi connectivity index (χ0n) is 12.4. The van der Waals surface area contributed by atoms with Crippen molar-refractivity contribution in [2.24, 2.45) is 5.73 Å². The van der Waals surface area contributed by atoms with Gasteiger partial charge in [0.2, 0.25) is 0 Å². The first-order valence-electron chi connectivity index (χ1n) is 6.78. The Morgan fingerprint density at radius 2 is 2.19 bits per heavy atom. The Hall–Kier alpha value is -1.59. The van der Waals surface area contributed by atoms with Crippen molar-refractivity contribution in [2.45, 2.75) is 32.9 Å². The van der Waals surface area contributed by atoms with E-state index in [1.807, 2.05) is 18.5 Å². The van der Waals surface area contributed by atoms with Gasteiger partial charge in [-0.3, -0.25) is 4.68 Å². The van der Waals surface area contributed by atoms with E-state index < -0.39 is 5.82 Å². The SMILES string of the molecule is CCn1nc(C)c(Cl)c1CC(N)c1ccc(OC)c(F)c1. The third-order valence-corrected chi connectivity index (χ3v) is 3.96. The third-order valence-electron chi connectivity index (χ3n) is 3.47. The molecule has 4 nitrogen and oxygen atoms in total. The molecule has 0 bridgehead atoms. The smallest absolute Gasteiger partial charge is 0.165 e. The maximum absolute atomic E-state index is 13.8. The largest absolute Gasteiger partial charge is 0.494 e. The summed E-state index contributed by atoms with van der Waals surface area (Å²) in [6.45, 7) is 4.56. The lowest BCUT2D eigenvalue weighted by Gasteiger charge is -2.14. The maximum atomic E-state index is 13.8. The van der Waals surface area contributed by atoms with Crippen LogP contribution in [-0.2, 0) is 13.0 Å². The molecule has 1 heterocycles. The number of aryl methyl sites for hydroxylation is 2. The first-order valence-corrected chi connectivity index (χ1v) is 7.16. The van der Waals surface area contributed by atoms with Crippen molar-refractivity contribution in [3.8, 4) is 5.75 Å². The molecule has 2 aromatic rings. The summed E-state index contributed by atoms with van der Waals surface area (Å²) < 4.78 is 20.5. The van der Waals surface area contributed by atoms with E-state index in [4.69, 9.17) is 22.1 Å². The summed E-state index contributed by atoms with van der Waals surface area (Å²) in [4.78, 5) is 0. The van der Waals surface area contributed by atoms with E-state index in [0.29, 0.717) is 23.6 Å². The van der Waals surface area contributed by atoms with Crippen molar-refractivity contribution in [1.82, 2.24) is 9.78 Å². The van der Waals surface area contributed by atoms with Gasteiger partial charge in [-0.15, -0.1) is 0 Å². The molecule has 114 valence electrons. The number of halogens is 2. The molecule has 0 aliphatic rings. The Bertz CT molecular complexity index is 642. The number of nitrogens with zero attached hydrogens (tertiary/aromatic N) is 2. The minimum atomic E-state index is -0.420. The number of ether oxygens (including phenoxy) is 1. The van der Waals surface area contributed by atoms with Gasteiger partial charge in [-0.1, -0.05) is 17.7 Å². The average Bonchev–Trinajstić information content (AvgIpc) is 2.74. The topological polar surface area (TPSA) is 53.1 Å². The zero-order chi connectivity index (χ0) is 15.6. The van der Waals surface area contributed by atoms with E-state index in [0.717, 1.165) is 11.4 Å². The van der Waals surface area contributed by atoms with Crippen molar-refractivity contribution < 1.29 is 9.13 Å². The molecule has 0 aliphatic carbocycles. The lowest BCUT2D eigenvalue weighted by molar-refractivity contribution is 0.386. The van der Waals surface area contributed by atoms with E-state index in [1.54, 1.807) is 12.1 Å². The molecule has 1 atom stereocenters. The monoisotopic (exact) mass is 311 g/mol. The molecule has 1 aromatic heterocycles. The minimum Gasteiger partial charge on any atom is -0.494 e. The van der Waals surface area contributed by atoms with Crippen molar-refractivity contribution in [3.63, 3.8) is 0 Å². The molecule has 2 N–H and O–H groups in total. The van der Waals surface area contributed by atoms with Crippen LogP contribution in [0.4, 0.5) is 4.39 Å². The molecule has 0 aliphatic heterocycles. The highest BCUT2D eigenvalue weighted by Crippen LogP contribution is 2.27. The van der Waals surface area contributed by atoms with E-state index in [-0.39, 0.29) is 11.8 Å². The molecule has 0 radical (unpaired) electrons. The molecular weight excluding hydrogens is 293 g/mol. The summed E-state index contributed by atoms with van der Waals surface area (Å²) in [5.74, 6) is -0.213. The number of hydrogen-bond acceptors (Lipinski definition) is 3. The van der Waals surface area contributed by atoms with Gasteiger partial charge in [0.15, 0.2) is 11.6 Å². The molecule has 21 heavy (non-hydrogen) atoms. The number of benzene rings is 1. The number of rotatable bonds is 5. The van der Waals surface area contributed by atoms with E-state index in [1.165, 1.54) is 13.2 Å². The van der Waals surface area contributed by atoms with Gasteiger partial charge in [0.25, 0.3) is 0 Å². The van der Waals surface area contributed by atoms with Crippen LogP contribution in [0.5, 0.6) is 5.75 Å². The summed E-state index contributed by atoms with van der Waals surface area (Å²) in [5, 5.41) is 4.98. The first-order chi connectivity index (χ1) is 9.97. The molecule has 0 fully saturated rings. The van der Waals surface area contributed by atoms with Gasteiger partial charge in [-0.25, -0.2) is 4.39 Å². The molecule has 6 heteroatoms. The predicted molar refractivity (Wildman–Crippen MR) is 81.2 cm³/mol. The third kappa shape index (κ3) is 3.19. The number of aromatic nitrogens is 2. The van der Waals surface area contributed by atoms with Crippen LogP contribution < -0.4 is 10.5 Å². The Balaban J connectivity index is 2.25. The van der Waals surface area contributed by atoms with Gasteiger partial charge in [0.1, 0.15) is 0 Å². The summed E-state index contributed by atoms with van der Waals surface area (Å²) in [6.07, 6.45) is 0.499. The highest BCUT2D eigenvalue weighted by molar-refractivity contribution is 6.31. The maximum Gasteiger partial charge on any atom is 0.165 e. The van der Waals surface area contributed by atoms with Crippen LogP contribution in [0.2, 0.25) is 5.02 Å². The zero-order valence-corrected chi connectivity index (χ0v) is 13.1. The average molecular weight is 312 g/mol. The van der Waals surface area contributed by atoms with Crippen molar-refractivity contribution in [3.05, 3.63) is 46.0 Å². The van der Waals surface area contributed by atoms with Gasteiger partial charge in [0.05, 0.1) is 23.5 Å². The van der Waals surface area contributed by atoms with Crippen molar-refractivity contribution in [1.29, 1.82) is 0 Å². The van der Waals surface area contributed by atoms with E-state index in [9.17, 15) is 4.39 Å². The molecule has 0 amide bonds. The standard InChI is InChI=1S/C15H19ClFN3O/c1-4-20-13(15(16)9(2)19-20)8-12(18)10-5-6-14(21-3)11(17)7-10/h5-7,12H,4,8,18H2,1-3H3. The number of nitrogens with two attached hydrogens (primary N) is 1. The normalized spacial score (nSPS) is 12.5. The quantitative estimate of drug-likeness (QED) is 0.922. The van der Waals surface area contributed by atoms with Gasteiger partial charge < -0.3 is 10.5 Å². The fourth-order valence-corrected chi connectivity index (χ4v) is 2.52. The second-order valence-corrected chi connectivity index (χ2v) is 5.24. The molecule has 1 unspecified atom stereocenters. The summed E-state index contributed by atoms with van der Waals surface area (Å²) in [5.41, 5.74) is 8.54. The summed E-state index contributed by atoms with van der Waals surface area (Å²) >= 11 is 6.27. The molecule has 0 spiro atoms. The van der Waals surface area contributed by atoms with E-state index in [2.05, 4.69) is 5.10 Å². The lowest BCUT2D eigenvalue weighted by Crippen LogP contribution is -2.16. The Morgan fingerprint density at radius 1 is 1.48 bits per heavy atom. The second-order valence-electron chi connectivity index (χ2n) is 4.87. The number of hydrogen-bond donors (Lipinski definition) is 1. The molecule has 1 aromatic carbocycles. The van der Waals surface area contributed by atoms with Gasteiger partial charge in [-0.05, 0) is 31.5 Å². The van der Waals surface area contributed by atoms with Crippen LogP contribution >= 0.6 is 11.6 Å². The summed E-state index contributed by atoms with van der Waals surface area (Å²) in [7, 11) is 1.43. The van der Waals surface area contributed by atoms with Gasteiger partial charge in [0, 0.05) is 19.0 Å². The molecule has 0 saturated heterocycles. The lowest BCUT2D eigenvalue weighted by atomic mass is 10.0. The van der Waals surface area contributed by atoms with Crippen LogP contribution in [0, 0.1) is 12.7 Å². The fraction of sp³-hybridized carbons (Fsp3) is 0.400. The Morgan fingerprint density at radius 3 is 2.76 bits per heavy atom. The second kappa shape index (κ2) is 6.45. The van der Waals surface area contributed by atoms with Crippen LogP contribution in [0.3, 0.4) is 0 Å². The van der Waals surface area contributed by atoms with Gasteiger partial charge in [-0.2, -0.15) is 5.10 Å². The summed E-state index contributed by atoms with van der Waals surface area (Å²) in [6, 6.07) is 4.38. The van der Waals surface area contributed by atoms with Crippen LogP contribution in [0.25, 0.3) is 0 Å². The van der Waals surface area contributed by atoms with Crippen LogP contribution in [0.1, 0.15) is 29.9 Å². The molecule has 0 saturated carbocycles. The van der Waals surface area contributed by atoms with Crippen molar-refractivity contribution in [2.75, 3.05) is 7.11 Å².